The highest BCUT2D eigenvalue weighted by atomic mass is 127. The molecule has 0 aliphatic heterocycles. The maximum Gasteiger partial charge on any atom is 0.196 e. The lowest BCUT2D eigenvalue weighted by atomic mass is 10.0. The van der Waals surface area contributed by atoms with Crippen LogP contribution in [0, 0.1) is 0 Å². The van der Waals surface area contributed by atoms with Gasteiger partial charge >= 0.3 is 0 Å². The predicted octanol–water partition coefficient (Wildman–Crippen LogP) is 3.87. The molecular weight excluding hydrogens is 343 g/mol. The molecule has 1 rings (SSSR count). The molecule has 0 radical (unpaired) electrons. The van der Waals surface area contributed by atoms with Gasteiger partial charge in [0, 0.05) is 5.56 Å². The summed E-state index contributed by atoms with van der Waals surface area (Å²) in [5.74, 6) is 0.834. The van der Waals surface area contributed by atoms with Gasteiger partial charge in [-0.2, -0.15) is 0 Å². The second-order valence-corrected chi connectivity index (χ2v) is 3.81. The van der Waals surface area contributed by atoms with E-state index >= 15 is 0 Å². The summed E-state index contributed by atoms with van der Waals surface area (Å²) in [5, 5.41) is 0. The minimum absolute atomic E-state index is 0.167. The Morgan fingerprint density at radius 3 is 2.39 bits per heavy atom. The van der Waals surface area contributed by atoms with Crippen LogP contribution in [0.3, 0.4) is 0 Å². The number of ether oxygens (including phenoxy) is 1. The summed E-state index contributed by atoms with van der Waals surface area (Å²) in [5.41, 5.74) is 0.920. The van der Waals surface area contributed by atoms with Crippen molar-refractivity contribution in [2.24, 2.45) is 0 Å². The van der Waals surface area contributed by atoms with E-state index in [4.69, 9.17) is 7.80 Å². The van der Waals surface area contributed by atoms with E-state index in [1.807, 2.05) is 0 Å². The molecule has 0 heterocycles. The average molecular weight is 356 g/mol. The van der Waals surface area contributed by atoms with Crippen LogP contribution >= 0.6 is 23.0 Å². The first-order valence-corrected chi connectivity index (χ1v) is 6.01. The molecule has 3 nitrogen and oxygen atoms in total. The van der Waals surface area contributed by atoms with Crippen molar-refractivity contribution in [2.45, 2.75) is 0 Å². The molecule has 0 aromatic heterocycles. The van der Waals surface area contributed by atoms with E-state index in [2.05, 4.69) is 13.2 Å². The van der Waals surface area contributed by atoms with E-state index in [9.17, 15) is 4.79 Å². The van der Waals surface area contributed by atoms with E-state index < -0.39 is 0 Å². The van der Waals surface area contributed by atoms with Gasteiger partial charge in [-0.15, -0.1) is 0 Å². The lowest BCUT2D eigenvalue weighted by Gasteiger charge is -2.07. The van der Waals surface area contributed by atoms with Gasteiger partial charge in [0.2, 0.25) is 0 Å². The van der Waals surface area contributed by atoms with Crippen molar-refractivity contribution in [2.75, 3.05) is 7.11 Å². The average Bonchev–Trinajstić information content (AvgIpc) is 2.43. The number of halogens is 1. The predicted molar refractivity (Wildman–Crippen MR) is 79.8 cm³/mol. The van der Waals surface area contributed by atoms with Gasteiger partial charge in [0.15, 0.2) is 28.8 Å². The standard InChI is InChI=1S/C14H13IO3/c1-4-5-13(10(2)18-15)14(16)11-6-8-12(17-3)9-7-11/h4-9H,1-2H2,3H3/b13-5+. The van der Waals surface area contributed by atoms with E-state index in [1.165, 1.54) is 6.08 Å². The molecule has 0 bridgehead atoms. The molecule has 94 valence electrons. The number of carbonyl (C=O) groups excluding carboxylic acids is 1. The Morgan fingerprint density at radius 2 is 1.94 bits per heavy atom. The summed E-state index contributed by atoms with van der Waals surface area (Å²) >= 11 is 1.69. The molecule has 0 N–H and O–H groups in total. The third-order valence-electron chi connectivity index (χ3n) is 2.27. The number of allylic oxidation sites excluding steroid dienone is 3. The number of benzene rings is 1. The van der Waals surface area contributed by atoms with Crippen molar-refractivity contribution < 1.29 is 12.6 Å². The van der Waals surface area contributed by atoms with Crippen LogP contribution in [0.4, 0.5) is 0 Å². The molecule has 0 unspecified atom stereocenters. The highest BCUT2D eigenvalue weighted by Gasteiger charge is 2.15. The van der Waals surface area contributed by atoms with Gasteiger partial charge in [-0.3, -0.25) is 4.79 Å². The van der Waals surface area contributed by atoms with Crippen LogP contribution in [0.5, 0.6) is 5.75 Å². The summed E-state index contributed by atoms with van der Waals surface area (Å²) in [6.07, 6.45) is 3.10. The number of carbonyl (C=O) groups is 1. The van der Waals surface area contributed by atoms with Crippen LogP contribution in [-0.4, -0.2) is 12.9 Å². The molecule has 0 spiro atoms. The van der Waals surface area contributed by atoms with Gasteiger partial charge in [-0.25, -0.2) is 0 Å². The molecule has 0 aliphatic carbocycles. The van der Waals surface area contributed by atoms with Gasteiger partial charge < -0.3 is 7.80 Å². The van der Waals surface area contributed by atoms with E-state index in [1.54, 1.807) is 60.5 Å². The number of Topliss-reactive ketones (excluding diaryl/α,β-unsaturated/α-hetero) is 1. The second-order valence-electron chi connectivity index (χ2n) is 3.37. The van der Waals surface area contributed by atoms with Crippen LogP contribution in [0.1, 0.15) is 10.4 Å². The van der Waals surface area contributed by atoms with Crippen LogP contribution in [-0.2, 0) is 3.07 Å². The molecular formula is C14H13IO3. The molecule has 1 aromatic rings. The molecule has 1 aromatic carbocycles. The fraction of sp³-hybridized carbons (Fsp3) is 0.0714. The highest BCUT2D eigenvalue weighted by Crippen LogP contribution is 2.20. The highest BCUT2D eigenvalue weighted by molar-refractivity contribution is 14.1. The molecule has 4 heteroatoms. The van der Waals surface area contributed by atoms with Crippen molar-refractivity contribution in [1.82, 2.24) is 0 Å². The summed E-state index contributed by atoms with van der Waals surface area (Å²) in [4.78, 5) is 12.2. The smallest absolute Gasteiger partial charge is 0.196 e. The summed E-state index contributed by atoms with van der Waals surface area (Å²) in [7, 11) is 1.58. The van der Waals surface area contributed by atoms with Gasteiger partial charge in [0.25, 0.3) is 0 Å². The third-order valence-corrected chi connectivity index (χ3v) is 2.81. The number of hydrogen-bond donors (Lipinski definition) is 0. The Morgan fingerprint density at radius 1 is 1.33 bits per heavy atom. The Kier molecular flexibility index (Phi) is 5.64. The SMILES string of the molecule is C=C/C=C(\C(=C)OI)C(=O)c1ccc(OC)cc1. The Balaban J connectivity index is 3.06. The van der Waals surface area contributed by atoms with E-state index in [0.29, 0.717) is 22.6 Å². The van der Waals surface area contributed by atoms with Crippen molar-refractivity contribution >= 4 is 28.8 Å². The van der Waals surface area contributed by atoms with Crippen molar-refractivity contribution in [3.05, 3.63) is 66.5 Å². The Bertz CT molecular complexity index is 486. The Labute approximate surface area is 120 Å². The van der Waals surface area contributed by atoms with E-state index in [0.717, 1.165) is 0 Å². The number of hydrogen-bond acceptors (Lipinski definition) is 3. The van der Waals surface area contributed by atoms with E-state index in [-0.39, 0.29) is 5.78 Å². The Hall–Kier alpha value is -1.56. The fourth-order valence-electron chi connectivity index (χ4n) is 1.35. The van der Waals surface area contributed by atoms with Crippen LogP contribution in [0.2, 0.25) is 0 Å². The maximum atomic E-state index is 12.2. The zero-order chi connectivity index (χ0) is 13.5. The largest absolute Gasteiger partial charge is 0.497 e. The number of methoxy groups -OCH3 is 1. The first-order chi connectivity index (χ1) is 8.63. The molecule has 0 atom stereocenters. The molecule has 18 heavy (non-hydrogen) atoms. The summed E-state index contributed by atoms with van der Waals surface area (Å²) in [6.45, 7) is 7.25. The van der Waals surface area contributed by atoms with Gasteiger partial charge in [-0.1, -0.05) is 19.2 Å². The van der Waals surface area contributed by atoms with Gasteiger partial charge in [0.1, 0.15) is 11.5 Å². The normalized spacial score (nSPS) is 10.7. The van der Waals surface area contributed by atoms with Crippen molar-refractivity contribution in [3.8, 4) is 5.75 Å². The maximum absolute atomic E-state index is 12.2. The van der Waals surface area contributed by atoms with Gasteiger partial charge in [0.05, 0.1) is 12.7 Å². The molecule has 0 amide bonds. The molecule has 0 fully saturated rings. The first-order valence-electron chi connectivity index (χ1n) is 5.13. The van der Waals surface area contributed by atoms with Gasteiger partial charge in [-0.05, 0) is 30.3 Å². The molecule has 0 aliphatic rings. The lowest BCUT2D eigenvalue weighted by Crippen LogP contribution is -2.05. The fourth-order valence-corrected chi connectivity index (χ4v) is 1.59. The number of ketones is 1. The summed E-state index contributed by atoms with van der Waals surface area (Å²) in [6, 6.07) is 6.84. The van der Waals surface area contributed by atoms with Crippen LogP contribution in [0.25, 0.3) is 0 Å². The zero-order valence-corrected chi connectivity index (χ0v) is 12.1. The van der Waals surface area contributed by atoms with Crippen molar-refractivity contribution in [3.63, 3.8) is 0 Å². The van der Waals surface area contributed by atoms with Crippen molar-refractivity contribution in [1.29, 1.82) is 0 Å². The zero-order valence-electron chi connectivity index (χ0n) is 9.98. The first kappa shape index (κ1) is 14.5. The topological polar surface area (TPSA) is 35.5 Å². The lowest BCUT2D eigenvalue weighted by molar-refractivity contribution is 0.103. The monoisotopic (exact) mass is 356 g/mol. The minimum Gasteiger partial charge on any atom is -0.497 e. The van der Waals surface area contributed by atoms with Crippen LogP contribution < -0.4 is 4.74 Å². The van der Waals surface area contributed by atoms with Crippen LogP contribution in [0.15, 0.2) is 60.9 Å². The molecule has 0 saturated heterocycles. The second kappa shape index (κ2) is 7.00. The number of rotatable bonds is 6. The quantitative estimate of drug-likeness (QED) is 0.255. The minimum atomic E-state index is -0.167. The third kappa shape index (κ3) is 3.46. The summed E-state index contributed by atoms with van der Waals surface area (Å²) < 4.78 is 10.0. The molecule has 0 saturated carbocycles.